The molecule has 0 radical (unpaired) electrons. The second kappa shape index (κ2) is 5.02. The molecule has 1 aromatic rings. The summed E-state index contributed by atoms with van der Waals surface area (Å²) in [5, 5.41) is 27.7. The zero-order valence-electron chi connectivity index (χ0n) is 8.30. The van der Waals surface area contributed by atoms with Crippen molar-refractivity contribution < 1.29 is 24.5 Å². The Morgan fingerprint density at radius 1 is 1.44 bits per heavy atom. The molecule has 0 amide bonds. The van der Waals surface area contributed by atoms with Gasteiger partial charge in [0.1, 0.15) is 17.5 Å². The quantitative estimate of drug-likeness (QED) is 0.576. The molecule has 5 nitrogen and oxygen atoms in total. The summed E-state index contributed by atoms with van der Waals surface area (Å²) in [7, 11) is 0. The summed E-state index contributed by atoms with van der Waals surface area (Å²) >= 11 is 0. The molecule has 0 spiro atoms. The van der Waals surface area contributed by atoms with Crippen LogP contribution in [0.25, 0.3) is 0 Å². The lowest BCUT2D eigenvalue weighted by molar-refractivity contribution is 0.0229. The van der Waals surface area contributed by atoms with Gasteiger partial charge in [-0.05, 0) is 6.07 Å². The largest absolute Gasteiger partial charge is 0.478 e. The smallest absolute Gasteiger partial charge is 0.339 e. The zero-order chi connectivity index (χ0) is 12.3. The van der Waals surface area contributed by atoms with Crippen molar-refractivity contribution in [3.05, 3.63) is 35.1 Å². The molecule has 5 N–H and O–H groups in total. The van der Waals surface area contributed by atoms with E-state index in [4.69, 9.17) is 10.8 Å². The summed E-state index contributed by atoms with van der Waals surface area (Å²) in [6, 6.07) is 3.45. The lowest BCUT2D eigenvalue weighted by Crippen LogP contribution is -2.28. The highest BCUT2D eigenvalue weighted by Gasteiger charge is 2.25. The molecule has 6 heteroatoms. The number of rotatable bonds is 4. The molecule has 0 aliphatic carbocycles. The lowest BCUT2D eigenvalue weighted by atomic mass is 9.98. The normalized spacial score (nSPS) is 14.5. The number of carboxylic acids is 1. The molecule has 0 saturated heterocycles. The molecule has 0 fully saturated rings. The minimum Gasteiger partial charge on any atom is -0.478 e. The first-order valence-electron chi connectivity index (χ1n) is 4.57. The molecule has 0 aliphatic rings. The van der Waals surface area contributed by atoms with Gasteiger partial charge < -0.3 is 21.1 Å². The molecule has 1 aromatic carbocycles. The topological polar surface area (TPSA) is 104 Å². The van der Waals surface area contributed by atoms with Gasteiger partial charge in [0.25, 0.3) is 0 Å². The molecule has 0 heterocycles. The van der Waals surface area contributed by atoms with Crippen LogP contribution >= 0.6 is 0 Å². The van der Waals surface area contributed by atoms with Crippen molar-refractivity contribution in [2.75, 3.05) is 6.54 Å². The van der Waals surface area contributed by atoms with Gasteiger partial charge in [0.15, 0.2) is 0 Å². The number of aliphatic hydroxyl groups is 2. The number of hydrogen-bond donors (Lipinski definition) is 4. The Balaban J connectivity index is 3.22. The highest BCUT2D eigenvalue weighted by molar-refractivity contribution is 5.89. The van der Waals surface area contributed by atoms with E-state index in [0.717, 1.165) is 6.07 Å². The van der Waals surface area contributed by atoms with Crippen LogP contribution in [0.1, 0.15) is 22.0 Å². The van der Waals surface area contributed by atoms with E-state index in [-0.39, 0.29) is 12.1 Å². The number of hydrogen-bond acceptors (Lipinski definition) is 4. The highest BCUT2D eigenvalue weighted by atomic mass is 19.1. The fraction of sp³-hybridized carbons (Fsp3) is 0.300. The third-order valence-electron chi connectivity index (χ3n) is 2.18. The number of aromatic carboxylic acids is 1. The molecular formula is C10H12FNO4. The Hall–Kier alpha value is -1.50. The maximum atomic E-state index is 13.2. The summed E-state index contributed by atoms with van der Waals surface area (Å²) in [5.41, 5.74) is 4.28. The number of aliphatic hydroxyl groups excluding tert-OH is 2. The van der Waals surface area contributed by atoms with E-state index in [1.54, 1.807) is 0 Å². The van der Waals surface area contributed by atoms with E-state index in [1.807, 2.05) is 0 Å². The Morgan fingerprint density at radius 3 is 2.56 bits per heavy atom. The van der Waals surface area contributed by atoms with Gasteiger partial charge in [-0.2, -0.15) is 0 Å². The zero-order valence-corrected chi connectivity index (χ0v) is 8.30. The van der Waals surface area contributed by atoms with Crippen LogP contribution < -0.4 is 5.73 Å². The van der Waals surface area contributed by atoms with Gasteiger partial charge in [0, 0.05) is 12.1 Å². The van der Waals surface area contributed by atoms with Gasteiger partial charge in [-0.25, -0.2) is 9.18 Å². The number of halogens is 1. The molecule has 1 rings (SSSR count). The summed E-state index contributed by atoms with van der Waals surface area (Å²) in [6.07, 6.45) is -2.85. The van der Waals surface area contributed by atoms with Crippen LogP contribution in [-0.2, 0) is 0 Å². The van der Waals surface area contributed by atoms with Gasteiger partial charge in [0.05, 0.1) is 6.10 Å². The van der Waals surface area contributed by atoms with Crippen molar-refractivity contribution in [3.8, 4) is 0 Å². The van der Waals surface area contributed by atoms with E-state index in [1.165, 1.54) is 12.1 Å². The third kappa shape index (κ3) is 2.35. The van der Waals surface area contributed by atoms with Crippen LogP contribution in [-0.4, -0.2) is 33.9 Å². The van der Waals surface area contributed by atoms with Crippen LogP contribution in [0.2, 0.25) is 0 Å². The maximum absolute atomic E-state index is 13.2. The SMILES string of the molecule is NCC(O)C(O)c1cccc(F)c1C(=O)O. The van der Waals surface area contributed by atoms with Gasteiger partial charge in [0.2, 0.25) is 0 Å². The fourth-order valence-electron chi connectivity index (χ4n) is 1.35. The summed E-state index contributed by atoms with van der Waals surface area (Å²) in [4.78, 5) is 10.8. The standard InChI is InChI=1S/C10H12FNO4/c11-6-3-1-2-5(8(6)10(15)16)9(14)7(13)4-12/h1-3,7,9,13-14H,4,12H2,(H,15,16). The Morgan fingerprint density at radius 2 is 2.06 bits per heavy atom. The minimum absolute atomic E-state index is 0.189. The van der Waals surface area contributed by atoms with Gasteiger partial charge in [-0.1, -0.05) is 12.1 Å². The van der Waals surface area contributed by atoms with E-state index in [2.05, 4.69) is 0 Å². The fourth-order valence-corrected chi connectivity index (χ4v) is 1.35. The second-order valence-electron chi connectivity index (χ2n) is 3.26. The molecule has 0 aromatic heterocycles. The molecule has 2 unspecified atom stereocenters. The average Bonchev–Trinajstić information content (AvgIpc) is 2.26. The van der Waals surface area contributed by atoms with Gasteiger partial charge in [-0.15, -0.1) is 0 Å². The first-order chi connectivity index (χ1) is 7.49. The summed E-state index contributed by atoms with van der Waals surface area (Å²) in [5.74, 6) is -2.47. The maximum Gasteiger partial charge on any atom is 0.339 e. The van der Waals surface area contributed by atoms with E-state index < -0.39 is 29.6 Å². The van der Waals surface area contributed by atoms with Crippen LogP contribution in [0.15, 0.2) is 18.2 Å². The molecule has 0 aliphatic heterocycles. The number of carbonyl (C=O) groups is 1. The van der Waals surface area contributed by atoms with E-state index in [0.29, 0.717) is 0 Å². The minimum atomic E-state index is -1.52. The highest BCUT2D eigenvalue weighted by Crippen LogP contribution is 2.23. The van der Waals surface area contributed by atoms with Gasteiger partial charge in [-0.3, -0.25) is 0 Å². The van der Waals surface area contributed by atoms with E-state index in [9.17, 15) is 19.4 Å². The summed E-state index contributed by atoms with van der Waals surface area (Å²) < 4.78 is 13.2. The Labute approximate surface area is 90.9 Å². The molecule has 0 bridgehead atoms. The van der Waals surface area contributed by atoms with Crippen LogP contribution in [0.4, 0.5) is 4.39 Å². The van der Waals surface area contributed by atoms with Crippen molar-refractivity contribution in [3.63, 3.8) is 0 Å². The predicted molar refractivity (Wildman–Crippen MR) is 53.4 cm³/mol. The number of benzene rings is 1. The monoisotopic (exact) mass is 229 g/mol. The number of carboxylic acid groups (broad SMARTS) is 1. The van der Waals surface area contributed by atoms with Crippen molar-refractivity contribution in [1.82, 2.24) is 0 Å². The van der Waals surface area contributed by atoms with Crippen molar-refractivity contribution in [2.24, 2.45) is 5.73 Å². The first-order valence-corrected chi connectivity index (χ1v) is 4.57. The predicted octanol–water partition coefficient (Wildman–Crippen LogP) is -0.123. The molecule has 16 heavy (non-hydrogen) atoms. The lowest BCUT2D eigenvalue weighted by Gasteiger charge is -2.18. The molecular weight excluding hydrogens is 217 g/mol. The average molecular weight is 229 g/mol. The van der Waals surface area contributed by atoms with E-state index >= 15 is 0 Å². The second-order valence-corrected chi connectivity index (χ2v) is 3.26. The van der Waals surface area contributed by atoms with Crippen LogP contribution in [0.3, 0.4) is 0 Å². The van der Waals surface area contributed by atoms with Gasteiger partial charge >= 0.3 is 5.97 Å². The summed E-state index contributed by atoms with van der Waals surface area (Å²) in [6.45, 7) is -0.253. The Kier molecular flexibility index (Phi) is 3.94. The number of nitrogens with two attached hydrogens (primary N) is 1. The van der Waals surface area contributed by atoms with Crippen molar-refractivity contribution in [1.29, 1.82) is 0 Å². The van der Waals surface area contributed by atoms with Crippen LogP contribution in [0.5, 0.6) is 0 Å². The Bertz CT molecular complexity index is 396. The third-order valence-corrected chi connectivity index (χ3v) is 2.18. The molecule has 0 saturated carbocycles. The van der Waals surface area contributed by atoms with Crippen LogP contribution in [0, 0.1) is 5.82 Å². The van der Waals surface area contributed by atoms with Crippen molar-refractivity contribution >= 4 is 5.97 Å². The molecule has 2 atom stereocenters. The first kappa shape index (κ1) is 12.6. The van der Waals surface area contributed by atoms with Crippen molar-refractivity contribution in [2.45, 2.75) is 12.2 Å². The molecule has 88 valence electrons.